The van der Waals surface area contributed by atoms with E-state index >= 15 is 0 Å². The van der Waals surface area contributed by atoms with Crippen molar-refractivity contribution in [1.82, 2.24) is 15.0 Å². The number of hydrogen-bond acceptors (Lipinski definition) is 8. The van der Waals surface area contributed by atoms with Gasteiger partial charge in [0.05, 0.1) is 13.2 Å². The van der Waals surface area contributed by atoms with Gasteiger partial charge in [0.15, 0.2) is 5.78 Å². The Kier molecular flexibility index (Phi) is 5.85. The standard InChI is InChI=1S/C22H24N6O2/c1-15-3-7-18(8-4-15)23-20-25-21(24-19-9-5-17(6-10-19)16(2)29)27-22(26-20)28-11-13-30-14-12-28/h3-10H,11-14H2,1-2H3,(H2,23,24,25,26,27). The van der Waals surface area contributed by atoms with Gasteiger partial charge < -0.3 is 20.3 Å². The first-order chi connectivity index (χ1) is 14.6. The van der Waals surface area contributed by atoms with E-state index in [2.05, 4.69) is 30.5 Å². The average molecular weight is 404 g/mol. The maximum atomic E-state index is 11.5. The zero-order valence-electron chi connectivity index (χ0n) is 17.1. The minimum atomic E-state index is 0.0286. The van der Waals surface area contributed by atoms with Gasteiger partial charge in [0.25, 0.3) is 0 Å². The largest absolute Gasteiger partial charge is 0.378 e. The average Bonchev–Trinajstić information content (AvgIpc) is 2.76. The van der Waals surface area contributed by atoms with E-state index < -0.39 is 0 Å². The molecule has 1 aliphatic rings. The van der Waals surface area contributed by atoms with Crippen LogP contribution in [0.15, 0.2) is 48.5 Å². The third-order valence-corrected chi connectivity index (χ3v) is 4.77. The van der Waals surface area contributed by atoms with Crippen LogP contribution in [0.4, 0.5) is 29.2 Å². The molecule has 4 rings (SSSR count). The fourth-order valence-corrected chi connectivity index (χ4v) is 3.06. The lowest BCUT2D eigenvalue weighted by Crippen LogP contribution is -2.37. The van der Waals surface area contributed by atoms with E-state index in [1.54, 1.807) is 19.1 Å². The van der Waals surface area contributed by atoms with Crippen molar-refractivity contribution < 1.29 is 9.53 Å². The summed E-state index contributed by atoms with van der Waals surface area (Å²) in [7, 11) is 0. The van der Waals surface area contributed by atoms with Gasteiger partial charge in [-0.3, -0.25) is 4.79 Å². The van der Waals surface area contributed by atoms with Crippen molar-refractivity contribution in [3.05, 3.63) is 59.7 Å². The van der Waals surface area contributed by atoms with Crippen LogP contribution in [0, 0.1) is 6.92 Å². The molecule has 0 atom stereocenters. The smallest absolute Gasteiger partial charge is 0.233 e. The molecule has 2 heterocycles. The summed E-state index contributed by atoms with van der Waals surface area (Å²) in [6.45, 7) is 6.32. The van der Waals surface area contributed by atoms with Crippen molar-refractivity contribution >= 4 is 35.0 Å². The Morgan fingerprint density at radius 1 is 0.867 bits per heavy atom. The first-order valence-corrected chi connectivity index (χ1v) is 9.87. The number of ether oxygens (including phenoxy) is 1. The zero-order valence-corrected chi connectivity index (χ0v) is 17.1. The van der Waals surface area contributed by atoms with Crippen LogP contribution < -0.4 is 15.5 Å². The summed E-state index contributed by atoms with van der Waals surface area (Å²) in [5, 5.41) is 6.47. The van der Waals surface area contributed by atoms with E-state index in [9.17, 15) is 4.79 Å². The molecule has 3 aromatic rings. The fourth-order valence-electron chi connectivity index (χ4n) is 3.06. The predicted octanol–water partition coefficient (Wildman–Crippen LogP) is 3.71. The molecule has 2 aromatic carbocycles. The van der Waals surface area contributed by atoms with Crippen molar-refractivity contribution in [3.63, 3.8) is 0 Å². The molecule has 0 radical (unpaired) electrons. The second kappa shape index (κ2) is 8.87. The van der Waals surface area contributed by atoms with Gasteiger partial charge in [0.2, 0.25) is 17.8 Å². The lowest BCUT2D eigenvalue weighted by molar-refractivity contribution is 0.101. The summed E-state index contributed by atoms with van der Waals surface area (Å²) in [6, 6.07) is 15.3. The summed E-state index contributed by atoms with van der Waals surface area (Å²) in [5.74, 6) is 1.50. The maximum absolute atomic E-state index is 11.5. The second-order valence-electron chi connectivity index (χ2n) is 7.13. The van der Waals surface area contributed by atoms with Crippen LogP contribution in [0.3, 0.4) is 0 Å². The zero-order chi connectivity index (χ0) is 20.9. The number of aryl methyl sites for hydroxylation is 1. The van der Waals surface area contributed by atoms with Crippen molar-refractivity contribution in [2.75, 3.05) is 41.8 Å². The third kappa shape index (κ3) is 4.90. The van der Waals surface area contributed by atoms with E-state index in [0.29, 0.717) is 36.6 Å². The molecule has 2 N–H and O–H groups in total. The van der Waals surface area contributed by atoms with Crippen molar-refractivity contribution in [1.29, 1.82) is 0 Å². The van der Waals surface area contributed by atoms with Crippen LogP contribution in [0.5, 0.6) is 0 Å². The van der Waals surface area contributed by atoms with Crippen LogP contribution in [-0.2, 0) is 4.74 Å². The van der Waals surface area contributed by atoms with Crippen LogP contribution in [0.1, 0.15) is 22.8 Å². The Labute approximate surface area is 175 Å². The van der Waals surface area contributed by atoms with Gasteiger partial charge in [-0.2, -0.15) is 15.0 Å². The van der Waals surface area contributed by atoms with E-state index in [1.807, 2.05) is 43.3 Å². The Morgan fingerprint density at radius 2 is 1.40 bits per heavy atom. The van der Waals surface area contributed by atoms with E-state index in [1.165, 1.54) is 5.56 Å². The number of carbonyl (C=O) groups is 1. The maximum Gasteiger partial charge on any atom is 0.233 e. The van der Waals surface area contributed by atoms with Crippen molar-refractivity contribution in [2.24, 2.45) is 0 Å². The highest BCUT2D eigenvalue weighted by Crippen LogP contribution is 2.21. The highest BCUT2D eigenvalue weighted by atomic mass is 16.5. The number of rotatable bonds is 6. The molecule has 1 aliphatic heterocycles. The molecule has 0 amide bonds. The number of carbonyl (C=O) groups excluding carboxylic acids is 1. The van der Waals surface area contributed by atoms with Crippen LogP contribution in [-0.4, -0.2) is 47.0 Å². The summed E-state index contributed by atoms with van der Waals surface area (Å²) >= 11 is 0. The molecule has 0 aliphatic carbocycles. The van der Waals surface area contributed by atoms with Gasteiger partial charge in [-0.05, 0) is 50.2 Å². The van der Waals surface area contributed by atoms with Gasteiger partial charge in [0.1, 0.15) is 0 Å². The van der Waals surface area contributed by atoms with Crippen LogP contribution in [0.25, 0.3) is 0 Å². The van der Waals surface area contributed by atoms with Gasteiger partial charge in [-0.1, -0.05) is 17.7 Å². The number of nitrogens with one attached hydrogen (secondary N) is 2. The molecule has 0 saturated carbocycles. The minimum absolute atomic E-state index is 0.0286. The Hall–Kier alpha value is -3.52. The number of anilines is 5. The van der Waals surface area contributed by atoms with Gasteiger partial charge >= 0.3 is 0 Å². The second-order valence-corrected chi connectivity index (χ2v) is 7.13. The molecule has 0 unspecified atom stereocenters. The lowest BCUT2D eigenvalue weighted by atomic mass is 10.1. The third-order valence-electron chi connectivity index (χ3n) is 4.77. The Morgan fingerprint density at radius 3 is 1.93 bits per heavy atom. The predicted molar refractivity (Wildman–Crippen MR) is 117 cm³/mol. The monoisotopic (exact) mass is 404 g/mol. The molecule has 154 valence electrons. The minimum Gasteiger partial charge on any atom is -0.378 e. The summed E-state index contributed by atoms with van der Waals surface area (Å²) in [5.41, 5.74) is 3.53. The molecule has 1 saturated heterocycles. The quantitative estimate of drug-likeness (QED) is 0.601. The fraction of sp³-hybridized carbons (Fsp3) is 0.273. The highest BCUT2D eigenvalue weighted by Gasteiger charge is 2.17. The molecule has 30 heavy (non-hydrogen) atoms. The Bertz CT molecular complexity index is 1010. The highest BCUT2D eigenvalue weighted by molar-refractivity contribution is 5.94. The van der Waals surface area contributed by atoms with Gasteiger partial charge in [0, 0.05) is 30.0 Å². The Balaban J connectivity index is 1.62. The molecule has 1 aromatic heterocycles. The molecule has 8 nitrogen and oxygen atoms in total. The molecular formula is C22H24N6O2. The number of ketones is 1. The molecular weight excluding hydrogens is 380 g/mol. The normalized spacial score (nSPS) is 13.7. The molecule has 0 bridgehead atoms. The first-order valence-electron chi connectivity index (χ1n) is 9.87. The number of aromatic nitrogens is 3. The molecule has 1 fully saturated rings. The summed E-state index contributed by atoms with van der Waals surface area (Å²) < 4.78 is 5.44. The molecule has 8 heteroatoms. The number of benzene rings is 2. The van der Waals surface area contributed by atoms with E-state index in [4.69, 9.17) is 4.74 Å². The molecule has 0 spiro atoms. The number of morpholine rings is 1. The number of Topliss-reactive ketones (excluding diaryl/α,β-unsaturated/α-hetero) is 1. The summed E-state index contributed by atoms with van der Waals surface area (Å²) in [6.07, 6.45) is 0. The first kappa shape index (κ1) is 19.8. The van der Waals surface area contributed by atoms with Crippen molar-refractivity contribution in [3.8, 4) is 0 Å². The van der Waals surface area contributed by atoms with Gasteiger partial charge in [-0.25, -0.2) is 0 Å². The van der Waals surface area contributed by atoms with E-state index in [-0.39, 0.29) is 5.78 Å². The lowest BCUT2D eigenvalue weighted by Gasteiger charge is -2.27. The SMILES string of the molecule is CC(=O)c1ccc(Nc2nc(Nc3ccc(C)cc3)nc(N3CCOCC3)n2)cc1. The van der Waals surface area contributed by atoms with Crippen molar-refractivity contribution in [2.45, 2.75) is 13.8 Å². The van der Waals surface area contributed by atoms with Gasteiger partial charge in [-0.15, -0.1) is 0 Å². The topological polar surface area (TPSA) is 92.3 Å². The van der Waals surface area contributed by atoms with Crippen LogP contribution >= 0.6 is 0 Å². The number of hydrogen-bond donors (Lipinski definition) is 2. The summed E-state index contributed by atoms with van der Waals surface area (Å²) in [4.78, 5) is 27.3. The van der Waals surface area contributed by atoms with E-state index in [0.717, 1.165) is 24.5 Å². The number of nitrogens with zero attached hydrogens (tertiary/aromatic N) is 4. The van der Waals surface area contributed by atoms with Crippen LogP contribution in [0.2, 0.25) is 0 Å².